The van der Waals surface area contributed by atoms with Crippen LogP contribution in [0.5, 0.6) is 5.75 Å². The summed E-state index contributed by atoms with van der Waals surface area (Å²) in [6.07, 6.45) is 5.29. The highest BCUT2D eigenvalue weighted by molar-refractivity contribution is 5.90. The molecule has 0 atom stereocenters. The van der Waals surface area contributed by atoms with Crippen LogP contribution in [0.1, 0.15) is 32.1 Å². The topological polar surface area (TPSA) is 41.6 Å². The third-order valence-corrected chi connectivity index (χ3v) is 4.90. The molecular weight excluding hydrogens is 324 g/mol. The highest BCUT2D eigenvalue weighted by atomic mass is 16.5. The lowest BCUT2D eigenvalue weighted by atomic mass is 10.1. The fourth-order valence-electron chi connectivity index (χ4n) is 3.40. The molecule has 26 heavy (non-hydrogen) atoms. The molecule has 0 saturated carbocycles. The van der Waals surface area contributed by atoms with Crippen LogP contribution in [0.3, 0.4) is 0 Å². The van der Waals surface area contributed by atoms with Gasteiger partial charge in [0.25, 0.3) is 0 Å². The molecule has 1 aliphatic heterocycles. The van der Waals surface area contributed by atoms with Crippen molar-refractivity contribution in [1.82, 2.24) is 4.90 Å². The summed E-state index contributed by atoms with van der Waals surface area (Å²) in [4.78, 5) is 14.6. The number of carbonyl (C=O) groups is 1. The van der Waals surface area contributed by atoms with Crippen LogP contribution >= 0.6 is 0 Å². The SMILES string of the molecule is COc1cccc(-c2ccc(NC(=O)CCCCN3CCCC3)cc2)c1. The van der Waals surface area contributed by atoms with Crippen LogP contribution in [0.15, 0.2) is 48.5 Å². The third kappa shape index (κ3) is 5.33. The number of likely N-dealkylation sites (tertiary alicyclic amines) is 1. The van der Waals surface area contributed by atoms with Gasteiger partial charge in [-0.15, -0.1) is 0 Å². The first kappa shape index (κ1) is 18.5. The number of rotatable bonds is 8. The van der Waals surface area contributed by atoms with E-state index in [0.717, 1.165) is 42.0 Å². The number of anilines is 1. The summed E-state index contributed by atoms with van der Waals surface area (Å²) in [5, 5.41) is 2.99. The average Bonchev–Trinajstić information content (AvgIpc) is 3.19. The number of hydrogen-bond donors (Lipinski definition) is 1. The summed E-state index contributed by atoms with van der Waals surface area (Å²) in [7, 11) is 1.67. The zero-order valence-electron chi connectivity index (χ0n) is 15.5. The van der Waals surface area contributed by atoms with E-state index in [9.17, 15) is 4.79 Å². The molecule has 1 amide bonds. The Labute approximate surface area is 156 Å². The number of nitrogens with zero attached hydrogens (tertiary/aromatic N) is 1. The molecule has 0 radical (unpaired) electrons. The summed E-state index contributed by atoms with van der Waals surface area (Å²) >= 11 is 0. The van der Waals surface area contributed by atoms with Crippen molar-refractivity contribution in [2.45, 2.75) is 32.1 Å². The van der Waals surface area contributed by atoms with Crippen molar-refractivity contribution in [3.05, 3.63) is 48.5 Å². The number of carbonyl (C=O) groups excluding carboxylic acids is 1. The Morgan fingerprint density at radius 3 is 2.54 bits per heavy atom. The first-order valence-corrected chi connectivity index (χ1v) is 9.51. The van der Waals surface area contributed by atoms with E-state index in [0.29, 0.717) is 6.42 Å². The van der Waals surface area contributed by atoms with Gasteiger partial charge in [-0.2, -0.15) is 0 Å². The molecule has 138 valence electrons. The summed E-state index contributed by atoms with van der Waals surface area (Å²) in [5.74, 6) is 0.939. The van der Waals surface area contributed by atoms with Gasteiger partial charge in [-0.05, 0) is 80.7 Å². The van der Waals surface area contributed by atoms with E-state index < -0.39 is 0 Å². The lowest BCUT2D eigenvalue weighted by Gasteiger charge is -2.13. The molecule has 4 heteroatoms. The maximum atomic E-state index is 12.1. The Morgan fingerprint density at radius 1 is 1.04 bits per heavy atom. The maximum Gasteiger partial charge on any atom is 0.224 e. The van der Waals surface area contributed by atoms with Crippen LogP contribution in [0.4, 0.5) is 5.69 Å². The first-order valence-electron chi connectivity index (χ1n) is 9.51. The van der Waals surface area contributed by atoms with E-state index in [-0.39, 0.29) is 5.91 Å². The molecule has 4 nitrogen and oxygen atoms in total. The van der Waals surface area contributed by atoms with Crippen molar-refractivity contribution in [1.29, 1.82) is 0 Å². The monoisotopic (exact) mass is 352 g/mol. The Bertz CT molecular complexity index is 706. The van der Waals surface area contributed by atoms with Gasteiger partial charge in [-0.25, -0.2) is 0 Å². The summed E-state index contributed by atoms with van der Waals surface area (Å²) < 4.78 is 5.27. The number of methoxy groups -OCH3 is 1. The number of amides is 1. The van der Waals surface area contributed by atoms with Gasteiger partial charge in [0, 0.05) is 12.1 Å². The summed E-state index contributed by atoms with van der Waals surface area (Å²) in [6, 6.07) is 15.9. The first-order chi connectivity index (χ1) is 12.7. The minimum Gasteiger partial charge on any atom is -0.497 e. The van der Waals surface area contributed by atoms with Gasteiger partial charge < -0.3 is 15.0 Å². The van der Waals surface area contributed by atoms with E-state index in [1.807, 2.05) is 42.5 Å². The zero-order chi connectivity index (χ0) is 18.2. The lowest BCUT2D eigenvalue weighted by Crippen LogP contribution is -2.20. The van der Waals surface area contributed by atoms with Gasteiger partial charge in [0.05, 0.1) is 7.11 Å². The predicted octanol–water partition coefficient (Wildman–Crippen LogP) is 4.57. The molecule has 2 aromatic rings. The Kier molecular flexibility index (Phi) is 6.67. The molecular formula is C22H28N2O2. The van der Waals surface area contributed by atoms with Crippen LogP contribution in [-0.2, 0) is 4.79 Å². The van der Waals surface area contributed by atoms with Crippen LogP contribution in [0.2, 0.25) is 0 Å². The van der Waals surface area contributed by atoms with Crippen LogP contribution in [0, 0.1) is 0 Å². The van der Waals surface area contributed by atoms with Gasteiger partial charge in [0.15, 0.2) is 0 Å². The number of unbranched alkanes of at least 4 members (excludes halogenated alkanes) is 1. The Balaban J connectivity index is 1.45. The maximum absolute atomic E-state index is 12.1. The molecule has 2 aromatic carbocycles. The van der Waals surface area contributed by atoms with Crippen molar-refractivity contribution in [2.24, 2.45) is 0 Å². The van der Waals surface area contributed by atoms with Crippen molar-refractivity contribution >= 4 is 11.6 Å². The summed E-state index contributed by atoms with van der Waals surface area (Å²) in [5.41, 5.74) is 3.05. The molecule has 0 unspecified atom stereocenters. The summed E-state index contributed by atoms with van der Waals surface area (Å²) in [6.45, 7) is 3.58. The predicted molar refractivity (Wildman–Crippen MR) is 107 cm³/mol. The van der Waals surface area contributed by atoms with Gasteiger partial charge in [0.2, 0.25) is 5.91 Å². The van der Waals surface area contributed by atoms with Crippen molar-refractivity contribution in [3.63, 3.8) is 0 Å². The average molecular weight is 352 g/mol. The molecule has 0 bridgehead atoms. The second kappa shape index (κ2) is 9.39. The fourth-order valence-corrected chi connectivity index (χ4v) is 3.40. The van der Waals surface area contributed by atoms with E-state index in [4.69, 9.17) is 4.74 Å². The van der Waals surface area contributed by atoms with E-state index in [1.54, 1.807) is 7.11 Å². The Hall–Kier alpha value is -2.33. The molecule has 1 heterocycles. The van der Waals surface area contributed by atoms with E-state index in [2.05, 4.69) is 16.3 Å². The zero-order valence-corrected chi connectivity index (χ0v) is 15.5. The van der Waals surface area contributed by atoms with Crippen LogP contribution < -0.4 is 10.1 Å². The van der Waals surface area contributed by atoms with Gasteiger partial charge in [0.1, 0.15) is 5.75 Å². The molecule has 1 N–H and O–H groups in total. The van der Waals surface area contributed by atoms with Crippen molar-refractivity contribution in [3.8, 4) is 16.9 Å². The van der Waals surface area contributed by atoms with Crippen molar-refractivity contribution in [2.75, 3.05) is 32.1 Å². The third-order valence-electron chi connectivity index (χ3n) is 4.90. The molecule has 1 saturated heterocycles. The molecule has 0 aliphatic carbocycles. The molecule has 3 rings (SSSR count). The molecule has 0 spiro atoms. The quantitative estimate of drug-likeness (QED) is 0.708. The number of hydrogen-bond acceptors (Lipinski definition) is 3. The van der Waals surface area contributed by atoms with Crippen LogP contribution in [-0.4, -0.2) is 37.6 Å². The standard InChI is InChI=1S/C22H28N2O2/c1-26-21-8-6-7-19(17-21)18-10-12-20(13-11-18)23-22(25)9-2-3-14-24-15-4-5-16-24/h6-8,10-13,17H,2-5,9,14-16H2,1H3,(H,23,25). The minimum atomic E-state index is 0.0977. The van der Waals surface area contributed by atoms with Crippen LogP contribution in [0.25, 0.3) is 11.1 Å². The largest absolute Gasteiger partial charge is 0.497 e. The molecule has 1 aliphatic rings. The smallest absolute Gasteiger partial charge is 0.224 e. The normalized spacial score (nSPS) is 14.3. The van der Waals surface area contributed by atoms with E-state index in [1.165, 1.54) is 25.9 Å². The molecule has 0 aromatic heterocycles. The van der Waals surface area contributed by atoms with Gasteiger partial charge >= 0.3 is 0 Å². The van der Waals surface area contributed by atoms with Gasteiger partial charge in [-0.3, -0.25) is 4.79 Å². The Morgan fingerprint density at radius 2 is 1.81 bits per heavy atom. The molecule has 1 fully saturated rings. The lowest BCUT2D eigenvalue weighted by molar-refractivity contribution is -0.116. The fraction of sp³-hybridized carbons (Fsp3) is 0.409. The van der Waals surface area contributed by atoms with Gasteiger partial charge in [-0.1, -0.05) is 24.3 Å². The number of ether oxygens (including phenoxy) is 1. The number of nitrogens with one attached hydrogen (secondary N) is 1. The second-order valence-corrected chi connectivity index (χ2v) is 6.86. The minimum absolute atomic E-state index is 0.0977. The second-order valence-electron chi connectivity index (χ2n) is 6.86. The van der Waals surface area contributed by atoms with Crippen molar-refractivity contribution < 1.29 is 9.53 Å². The number of benzene rings is 2. The van der Waals surface area contributed by atoms with E-state index >= 15 is 0 Å². The highest BCUT2D eigenvalue weighted by Gasteiger charge is 2.11. The highest BCUT2D eigenvalue weighted by Crippen LogP contribution is 2.25.